The number of halogens is 1. The number of sulfonamides is 1. The molecule has 0 spiro atoms. The first-order valence-corrected chi connectivity index (χ1v) is 8.72. The van der Waals surface area contributed by atoms with Gasteiger partial charge in [-0.05, 0) is 63.0 Å². The van der Waals surface area contributed by atoms with Crippen LogP contribution in [0.25, 0.3) is 0 Å². The van der Waals surface area contributed by atoms with Crippen molar-refractivity contribution in [3.8, 4) is 5.75 Å². The van der Waals surface area contributed by atoms with Crippen molar-refractivity contribution in [1.29, 1.82) is 0 Å². The molecule has 1 aliphatic rings. The van der Waals surface area contributed by atoms with Crippen LogP contribution in [0.4, 0.5) is 0 Å². The lowest BCUT2D eigenvalue weighted by atomic mass is 9.98. The second-order valence-corrected chi connectivity index (χ2v) is 7.44. The minimum atomic E-state index is -3.40. The number of ether oxygens (including phenoxy) is 1. The molecule has 126 valence electrons. The molecule has 0 amide bonds. The van der Waals surface area contributed by atoms with Crippen LogP contribution >= 0.6 is 12.4 Å². The number of benzene rings is 1. The van der Waals surface area contributed by atoms with Crippen LogP contribution < -0.4 is 10.1 Å². The Balaban J connectivity index is 0.00000242. The maximum atomic E-state index is 12.7. The first kappa shape index (κ1) is 19.2. The van der Waals surface area contributed by atoms with Gasteiger partial charge in [-0.25, -0.2) is 8.42 Å². The van der Waals surface area contributed by atoms with E-state index in [0.29, 0.717) is 29.7 Å². The van der Waals surface area contributed by atoms with Crippen molar-refractivity contribution in [3.05, 3.63) is 23.8 Å². The maximum absolute atomic E-state index is 12.7. The molecule has 0 saturated carbocycles. The topological polar surface area (TPSA) is 58.6 Å². The van der Waals surface area contributed by atoms with E-state index in [9.17, 15) is 8.42 Å². The molecule has 5 nitrogen and oxygen atoms in total. The fourth-order valence-electron chi connectivity index (χ4n) is 2.82. The molecule has 22 heavy (non-hydrogen) atoms. The van der Waals surface area contributed by atoms with Gasteiger partial charge in [-0.3, -0.25) is 0 Å². The van der Waals surface area contributed by atoms with Crippen LogP contribution in [-0.4, -0.2) is 46.5 Å². The number of rotatable bonds is 5. The van der Waals surface area contributed by atoms with Crippen LogP contribution in [0.3, 0.4) is 0 Å². The van der Waals surface area contributed by atoms with Gasteiger partial charge in [-0.1, -0.05) is 0 Å². The average molecular weight is 349 g/mol. The first-order valence-electron chi connectivity index (χ1n) is 7.28. The number of aryl methyl sites for hydroxylation is 1. The lowest BCUT2D eigenvalue weighted by molar-refractivity contribution is 0.270. The van der Waals surface area contributed by atoms with Gasteiger partial charge in [0.25, 0.3) is 0 Å². The molecule has 2 rings (SSSR count). The summed E-state index contributed by atoms with van der Waals surface area (Å²) < 4.78 is 32.2. The van der Waals surface area contributed by atoms with Crippen molar-refractivity contribution in [2.45, 2.75) is 24.7 Å². The Labute approximate surface area is 139 Å². The summed E-state index contributed by atoms with van der Waals surface area (Å²) in [6, 6.07) is 5.11. The predicted molar refractivity (Wildman–Crippen MR) is 90.4 cm³/mol. The number of nitrogens with zero attached hydrogens (tertiary/aromatic N) is 1. The molecule has 1 saturated heterocycles. The Morgan fingerprint density at radius 1 is 1.32 bits per heavy atom. The minimum absolute atomic E-state index is 0. The molecule has 1 aromatic rings. The summed E-state index contributed by atoms with van der Waals surface area (Å²) in [6.45, 7) is 3.96. The Bertz CT molecular complexity index is 584. The molecule has 1 aliphatic heterocycles. The lowest BCUT2D eigenvalue weighted by Crippen LogP contribution is -2.40. The second kappa shape index (κ2) is 8.15. The third kappa shape index (κ3) is 4.13. The Morgan fingerprint density at radius 2 is 1.95 bits per heavy atom. The SMILES string of the molecule is CNCC1CCN(S(=O)(=O)c2ccc(OC)cc2C)CC1.Cl. The number of nitrogens with one attached hydrogen (secondary N) is 1. The van der Waals surface area contributed by atoms with Gasteiger partial charge in [0, 0.05) is 13.1 Å². The summed E-state index contributed by atoms with van der Waals surface area (Å²) in [5.74, 6) is 1.25. The van der Waals surface area contributed by atoms with E-state index in [4.69, 9.17) is 4.74 Å². The van der Waals surface area contributed by atoms with E-state index in [1.54, 1.807) is 29.6 Å². The van der Waals surface area contributed by atoms with Crippen LogP contribution in [0.15, 0.2) is 23.1 Å². The molecule has 1 N–H and O–H groups in total. The van der Waals surface area contributed by atoms with Gasteiger partial charge in [-0.2, -0.15) is 4.31 Å². The zero-order valence-electron chi connectivity index (χ0n) is 13.3. The fraction of sp³-hybridized carbons (Fsp3) is 0.600. The highest BCUT2D eigenvalue weighted by atomic mass is 35.5. The maximum Gasteiger partial charge on any atom is 0.243 e. The molecule has 1 heterocycles. The van der Waals surface area contributed by atoms with Crippen molar-refractivity contribution >= 4 is 22.4 Å². The Morgan fingerprint density at radius 3 is 2.45 bits per heavy atom. The molecule has 0 radical (unpaired) electrons. The third-order valence-electron chi connectivity index (χ3n) is 4.07. The van der Waals surface area contributed by atoms with Gasteiger partial charge in [0.05, 0.1) is 12.0 Å². The quantitative estimate of drug-likeness (QED) is 0.884. The third-order valence-corrected chi connectivity index (χ3v) is 6.13. The van der Waals surface area contributed by atoms with Crippen molar-refractivity contribution in [1.82, 2.24) is 9.62 Å². The monoisotopic (exact) mass is 348 g/mol. The van der Waals surface area contributed by atoms with E-state index in [0.717, 1.165) is 24.9 Å². The van der Waals surface area contributed by atoms with Crippen LogP contribution in [0.2, 0.25) is 0 Å². The van der Waals surface area contributed by atoms with Crippen molar-refractivity contribution < 1.29 is 13.2 Å². The lowest BCUT2D eigenvalue weighted by Gasteiger charge is -2.31. The van der Waals surface area contributed by atoms with Gasteiger partial charge in [0.15, 0.2) is 0 Å². The number of piperidine rings is 1. The Hall–Kier alpha value is -0.820. The first-order chi connectivity index (χ1) is 9.98. The summed E-state index contributed by atoms with van der Waals surface area (Å²) >= 11 is 0. The number of hydrogen-bond donors (Lipinski definition) is 1. The number of hydrogen-bond acceptors (Lipinski definition) is 4. The molecule has 0 unspecified atom stereocenters. The van der Waals surface area contributed by atoms with Crippen LogP contribution in [0, 0.1) is 12.8 Å². The smallest absolute Gasteiger partial charge is 0.243 e. The summed E-state index contributed by atoms with van der Waals surface area (Å²) in [7, 11) is 0.115. The molecule has 0 aliphatic carbocycles. The van der Waals surface area contributed by atoms with E-state index in [2.05, 4.69) is 5.32 Å². The molecule has 0 bridgehead atoms. The summed E-state index contributed by atoms with van der Waals surface area (Å²) in [4.78, 5) is 0.385. The highest BCUT2D eigenvalue weighted by Crippen LogP contribution is 2.27. The van der Waals surface area contributed by atoms with Crippen molar-refractivity contribution in [2.24, 2.45) is 5.92 Å². The molecule has 1 aromatic carbocycles. The van der Waals surface area contributed by atoms with E-state index in [1.165, 1.54) is 0 Å². The normalized spacial score (nSPS) is 17.0. The van der Waals surface area contributed by atoms with Gasteiger partial charge >= 0.3 is 0 Å². The Kier molecular flexibility index (Phi) is 7.12. The van der Waals surface area contributed by atoms with E-state index >= 15 is 0 Å². The van der Waals surface area contributed by atoms with Crippen LogP contribution in [0.1, 0.15) is 18.4 Å². The van der Waals surface area contributed by atoms with Gasteiger partial charge < -0.3 is 10.1 Å². The standard InChI is InChI=1S/C15H24N2O3S.ClH/c1-12-10-14(20-3)4-5-15(12)21(18,19)17-8-6-13(7-9-17)11-16-2;/h4-5,10,13,16H,6-9,11H2,1-3H3;1H. The highest BCUT2D eigenvalue weighted by molar-refractivity contribution is 7.89. The van der Waals surface area contributed by atoms with Crippen molar-refractivity contribution in [3.63, 3.8) is 0 Å². The molecular formula is C15H25ClN2O3S. The van der Waals surface area contributed by atoms with Gasteiger partial charge in [-0.15, -0.1) is 12.4 Å². The molecule has 0 atom stereocenters. The number of methoxy groups -OCH3 is 1. The van der Waals surface area contributed by atoms with E-state index in [-0.39, 0.29) is 12.4 Å². The molecule has 0 aromatic heterocycles. The zero-order chi connectivity index (χ0) is 15.5. The minimum Gasteiger partial charge on any atom is -0.497 e. The average Bonchev–Trinajstić information content (AvgIpc) is 2.47. The second-order valence-electron chi connectivity index (χ2n) is 5.54. The summed E-state index contributed by atoms with van der Waals surface area (Å²) in [5, 5.41) is 3.16. The van der Waals surface area contributed by atoms with Crippen LogP contribution in [-0.2, 0) is 10.0 Å². The molecule has 7 heteroatoms. The zero-order valence-corrected chi connectivity index (χ0v) is 15.0. The fourth-order valence-corrected chi connectivity index (χ4v) is 4.50. The molecular weight excluding hydrogens is 324 g/mol. The van der Waals surface area contributed by atoms with Crippen LogP contribution in [0.5, 0.6) is 5.75 Å². The van der Waals surface area contributed by atoms with Crippen molar-refractivity contribution in [2.75, 3.05) is 33.8 Å². The summed E-state index contributed by atoms with van der Waals surface area (Å²) in [6.07, 6.45) is 1.82. The van der Waals surface area contributed by atoms with Gasteiger partial charge in [0.1, 0.15) is 5.75 Å². The predicted octanol–water partition coefficient (Wildman–Crippen LogP) is 2.05. The van der Waals surface area contributed by atoms with E-state index in [1.807, 2.05) is 14.0 Å². The van der Waals surface area contributed by atoms with Gasteiger partial charge in [0.2, 0.25) is 10.0 Å². The highest BCUT2D eigenvalue weighted by Gasteiger charge is 2.30. The van der Waals surface area contributed by atoms with E-state index < -0.39 is 10.0 Å². The summed E-state index contributed by atoms with van der Waals surface area (Å²) in [5.41, 5.74) is 0.728. The largest absolute Gasteiger partial charge is 0.497 e. The molecule has 1 fully saturated rings.